The van der Waals surface area contributed by atoms with Crippen LogP contribution >= 0.6 is 0 Å². The van der Waals surface area contributed by atoms with Crippen molar-refractivity contribution in [3.8, 4) is 0 Å². The Labute approximate surface area is 124 Å². The first kappa shape index (κ1) is 12.7. The number of imide groups is 1. The highest BCUT2D eigenvalue weighted by Gasteiger charge is 2.40. The number of hydrogen-bond acceptors (Lipinski definition) is 4. The molecule has 1 saturated carbocycles. The van der Waals surface area contributed by atoms with Gasteiger partial charge in [0.2, 0.25) is 0 Å². The van der Waals surface area contributed by atoms with E-state index < -0.39 is 23.8 Å². The minimum Gasteiger partial charge on any atom is -0.393 e. The zero-order chi connectivity index (χ0) is 15.9. The van der Waals surface area contributed by atoms with Gasteiger partial charge < -0.3 is 5.11 Å². The van der Waals surface area contributed by atoms with Crippen LogP contribution in [0.15, 0.2) is 24.3 Å². The molecule has 1 heterocycles. The van der Waals surface area contributed by atoms with Crippen LogP contribution in [0.4, 0.5) is 0 Å². The van der Waals surface area contributed by atoms with Crippen LogP contribution in [0.3, 0.4) is 0 Å². The lowest BCUT2D eigenvalue weighted by atomic mass is 9.93. The van der Waals surface area contributed by atoms with E-state index >= 15 is 0 Å². The number of Topliss-reactive ketones (excluding diaryl/α,β-unsaturated/α-hetero) is 1. The Kier molecular flexibility index (Phi) is 3.07. The lowest BCUT2D eigenvalue weighted by molar-refractivity contribution is -0.124. The van der Waals surface area contributed by atoms with E-state index in [2.05, 4.69) is 0 Å². The maximum atomic E-state index is 12.4. The van der Waals surface area contributed by atoms with Crippen LogP contribution in [0.2, 0.25) is 0 Å². The molecule has 1 aromatic carbocycles. The van der Waals surface area contributed by atoms with Gasteiger partial charge in [0.05, 0.1) is 23.8 Å². The summed E-state index contributed by atoms with van der Waals surface area (Å²) >= 11 is 0. The van der Waals surface area contributed by atoms with Crippen molar-refractivity contribution < 1.29 is 20.9 Å². The van der Waals surface area contributed by atoms with Crippen LogP contribution < -0.4 is 0 Å². The molecule has 0 aromatic heterocycles. The third kappa shape index (κ3) is 2.27. The fourth-order valence-electron chi connectivity index (χ4n) is 3.15. The Morgan fingerprint density at radius 2 is 1.90 bits per heavy atom. The van der Waals surface area contributed by atoms with Crippen molar-refractivity contribution in [1.29, 1.82) is 0 Å². The largest absolute Gasteiger partial charge is 0.393 e. The van der Waals surface area contributed by atoms with Gasteiger partial charge in [-0.1, -0.05) is 19.0 Å². The van der Waals surface area contributed by atoms with E-state index in [1.54, 1.807) is 24.3 Å². The van der Waals surface area contributed by atoms with Gasteiger partial charge in [-0.05, 0) is 30.9 Å². The number of rotatable bonds is 3. The quantitative estimate of drug-likeness (QED) is 0.850. The van der Waals surface area contributed by atoms with E-state index in [0.717, 1.165) is 4.90 Å². The molecule has 5 heteroatoms. The molecule has 1 N–H and O–H groups in total. The molecule has 0 bridgehead atoms. The Morgan fingerprint density at radius 1 is 1.29 bits per heavy atom. The molecule has 110 valence electrons. The average Bonchev–Trinajstić information content (AvgIpc) is 3.01. The first-order chi connectivity index (χ1) is 10.5. The maximum absolute atomic E-state index is 12.4. The molecule has 1 aliphatic carbocycles. The van der Waals surface area contributed by atoms with E-state index in [4.69, 9.17) is 1.37 Å². The number of carbonyl (C=O) groups is 3. The number of hydrogen-bond donors (Lipinski definition) is 1. The standard InChI is InChI=1S/C16H17NO4/c1-9-6-10(18)7-13(9)14(19)8-17-15(20)11-4-2-3-5-12(11)16(17)21/h2-5,9-10,13,18H,6-8H2,1H3/t9-,10-,13?/m1/s1/i1D. The van der Waals surface area contributed by atoms with Crippen LogP contribution in [0.5, 0.6) is 0 Å². The monoisotopic (exact) mass is 288 g/mol. The van der Waals surface area contributed by atoms with Crippen LogP contribution in [-0.4, -0.2) is 40.3 Å². The Morgan fingerprint density at radius 3 is 2.48 bits per heavy atom. The van der Waals surface area contributed by atoms with E-state index in [1.165, 1.54) is 0 Å². The SMILES string of the molecule is [2H]C[C@@H]1C[C@@H](O)CC1C(=O)CN1C(=O)c2ccccc2C1=O. The van der Waals surface area contributed by atoms with Gasteiger partial charge >= 0.3 is 0 Å². The summed E-state index contributed by atoms with van der Waals surface area (Å²) in [5, 5.41) is 9.67. The molecule has 1 unspecified atom stereocenters. The Hall–Kier alpha value is -2.01. The molecule has 5 nitrogen and oxygen atoms in total. The van der Waals surface area contributed by atoms with Gasteiger partial charge in [-0.2, -0.15) is 0 Å². The summed E-state index contributed by atoms with van der Waals surface area (Å²) in [7, 11) is 0. The van der Waals surface area contributed by atoms with Crippen molar-refractivity contribution >= 4 is 17.6 Å². The summed E-state index contributed by atoms with van der Waals surface area (Å²) < 4.78 is 7.47. The first-order valence-electron chi connectivity index (χ1n) is 7.69. The molecule has 1 aliphatic heterocycles. The molecular formula is C16H17NO4. The van der Waals surface area contributed by atoms with E-state index in [9.17, 15) is 19.5 Å². The Balaban J connectivity index is 1.76. The van der Waals surface area contributed by atoms with Crippen molar-refractivity contribution in [2.24, 2.45) is 11.8 Å². The number of aliphatic hydroxyl groups is 1. The normalized spacial score (nSPS) is 28.7. The minimum atomic E-state index is -0.577. The van der Waals surface area contributed by atoms with Crippen molar-refractivity contribution in [3.63, 3.8) is 0 Å². The van der Waals surface area contributed by atoms with Gasteiger partial charge in [-0.15, -0.1) is 0 Å². The molecule has 1 fully saturated rings. The van der Waals surface area contributed by atoms with Gasteiger partial charge in [0.1, 0.15) is 0 Å². The first-order valence-corrected chi connectivity index (χ1v) is 6.98. The van der Waals surface area contributed by atoms with E-state index in [1.807, 2.05) is 0 Å². The highest BCUT2D eigenvalue weighted by molar-refractivity contribution is 6.22. The van der Waals surface area contributed by atoms with Crippen LogP contribution in [-0.2, 0) is 4.79 Å². The third-order valence-corrected chi connectivity index (χ3v) is 4.28. The molecular weight excluding hydrogens is 270 g/mol. The molecule has 3 atom stereocenters. The molecule has 0 radical (unpaired) electrons. The molecule has 0 saturated heterocycles. The smallest absolute Gasteiger partial charge is 0.261 e. The number of carbonyl (C=O) groups excluding carboxylic acids is 3. The Bertz CT molecular complexity index is 610. The number of ketones is 1. The van der Waals surface area contributed by atoms with Gasteiger partial charge in [0.25, 0.3) is 11.8 Å². The average molecular weight is 288 g/mol. The van der Waals surface area contributed by atoms with Crippen LogP contribution in [0.25, 0.3) is 0 Å². The number of fused-ring (bicyclic) bond motifs is 1. The van der Waals surface area contributed by atoms with Gasteiger partial charge in [0.15, 0.2) is 5.78 Å². The lowest BCUT2D eigenvalue weighted by Gasteiger charge is -2.18. The van der Waals surface area contributed by atoms with Crippen LogP contribution in [0, 0.1) is 11.8 Å². The second-order valence-electron chi connectivity index (χ2n) is 5.70. The predicted octanol–water partition coefficient (Wildman–Crippen LogP) is 1.26. The topological polar surface area (TPSA) is 74.7 Å². The molecule has 0 spiro atoms. The number of aliphatic hydroxyl groups excluding tert-OH is 1. The number of amides is 2. The zero-order valence-corrected chi connectivity index (χ0v) is 11.5. The van der Waals surface area contributed by atoms with Gasteiger partial charge in [-0.25, -0.2) is 0 Å². The molecule has 2 aliphatic rings. The fourth-order valence-corrected chi connectivity index (χ4v) is 3.15. The minimum absolute atomic E-state index is 0.0651. The fraction of sp³-hybridized carbons (Fsp3) is 0.438. The maximum Gasteiger partial charge on any atom is 0.261 e. The van der Waals surface area contributed by atoms with Gasteiger partial charge in [-0.3, -0.25) is 19.3 Å². The second kappa shape index (κ2) is 5.07. The van der Waals surface area contributed by atoms with E-state index in [-0.39, 0.29) is 25.1 Å². The molecule has 1 aromatic rings. The third-order valence-electron chi connectivity index (χ3n) is 4.28. The summed E-state index contributed by atoms with van der Waals surface area (Å²) in [6.45, 7) is -0.212. The van der Waals surface area contributed by atoms with E-state index in [0.29, 0.717) is 24.0 Å². The van der Waals surface area contributed by atoms with Gasteiger partial charge in [0, 0.05) is 7.29 Å². The van der Waals surface area contributed by atoms with Crippen LogP contribution in [0.1, 0.15) is 41.8 Å². The highest BCUT2D eigenvalue weighted by Crippen LogP contribution is 2.33. The lowest BCUT2D eigenvalue weighted by Crippen LogP contribution is -2.38. The second-order valence-corrected chi connectivity index (χ2v) is 5.70. The molecule has 2 amide bonds. The van der Waals surface area contributed by atoms with Crippen molar-refractivity contribution in [3.05, 3.63) is 35.4 Å². The predicted molar refractivity (Wildman–Crippen MR) is 74.7 cm³/mol. The van der Waals surface area contributed by atoms with Crippen molar-refractivity contribution in [2.75, 3.05) is 6.54 Å². The highest BCUT2D eigenvalue weighted by atomic mass is 16.3. The van der Waals surface area contributed by atoms with Crippen molar-refractivity contribution in [1.82, 2.24) is 4.90 Å². The number of nitrogens with zero attached hydrogens (tertiary/aromatic N) is 1. The number of benzene rings is 1. The summed E-state index contributed by atoms with van der Waals surface area (Å²) in [5.41, 5.74) is 0.646. The molecule has 21 heavy (non-hydrogen) atoms. The summed E-state index contributed by atoms with van der Waals surface area (Å²) in [6.07, 6.45) is 0.166. The zero-order valence-electron chi connectivity index (χ0n) is 12.5. The summed E-state index contributed by atoms with van der Waals surface area (Å²) in [5.74, 6) is -1.79. The van der Waals surface area contributed by atoms with Crippen molar-refractivity contribution in [2.45, 2.75) is 25.8 Å². The summed E-state index contributed by atoms with van der Waals surface area (Å²) in [4.78, 5) is 37.9. The summed E-state index contributed by atoms with van der Waals surface area (Å²) in [6, 6.07) is 6.51. The molecule has 3 rings (SSSR count).